The van der Waals surface area contributed by atoms with Crippen LogP contribution in [0.3, 0.4) is 0 Å². The minimum Gasteiger partial charge on any atom is -0.488 e. The van der Waals surface area contributed by atoms with Crippen LogP contribution in [0.1, 0.15) is 54.1 Å². The maximum absolute atomic E-state index is 15.0. The minimum absolute atomic E-state index is 0.00682. The van der Waals surface area contributed by atoms with Gasteiger partial charge < -0.3 is 24.1 Å². The van der Waals surface area contributed by atoms with E-state index < -0.39 is 11.8 Å². The summed E-state index contributed by atoms with van der Waals surface area (Å²) < 4.78 is 24.6. The molecule has 7 nitrogen and oxygen atoms in total. The smallest absolute Gasteiger partial charge is 0.339 e. The summed E-state index contributed by atoms with van der Waals surface area (Å²) in [4.78, 5) is 28.8. The summed E-state index contributed by atoms with van der Waals surface area (Å²) >= 11 is 0. The Balaban J connectivity index is 1.44. The molecule has 250 valence electrons. The Morgan fingerprint density at radius 1 is 0.440 bits per heavy atom. The molecule has 6 rings (SSSR count). The highest BCUT2D eigenvalue weighted by atomic mass is 16.5. The normalized spacial score (nSPS) is 10.7. The van der Waals surface area contributed by atoms with Crippen LogP contribution in [0.5, 0.6) is 17.2 Å². The van der Waals surface area contributed by atoms with Crippen LogP contribution in [0.4, 0.5) is 0 Å². The second-order valence-electron chi connectivity index (χ2n) is 11.5. The van der Waals surface area contributed by atoms with Gasteiger partial charge in [-0.25, -0.2) is 4.79 Å². The number of ether oxygens (including phenoxy) is 4. The number of rotatable bonds is 15. The van der Waals surface area contributed by atoms with Crippen LogP contribution < -0.4 is 14.2 Å². The van der Waals surface area contributed by atoms with Crippen molar-refractivity contribution in [2.75, 3.05) is 0 Å². The average molecular weight is 665 g/mol. The highest BCUT2D eigenvalue weighted by Crippen LogP contribution is 2.38. The number of aliphatic hydroxyl groups is 1. The van der Waals surface area contributed by atoms with Crippen molar-refractivity contribution in [1.82, 2.24) is 0 Å². The molecule has 6 aromatic rings. The summed E-state index contributed by atoms with van der Waals surface area (Å²) in [5.41, 5.74) is 4.06. The molecule has 0 bridgehead atoms. The Bertz CT molecular complexity index is 1950. The zero-order chi connectivity index (χ0) is 34.5. The Morgan fingerprint density at radius 2 is 0.860 bits per heavy atom. The number of ketones is 1. The van der Waals surface area contributed by atoms with E-state index in [1.807, 2.05) is 121 Å². The molecule has 6 aromatic carbocycles. The Hall–Kier alpha value is -6.18. The lowest BCUT2D eigenvalue weighted by molar-refractivity contribution is 0.0469. The van der Waals surface area contributed by atoms with E-state index in [9.17, 15) is 9.90 Å². The molecule has 0 fully saturated rings. The highest BCUT2D eigenvalue weighted by Gasteiger charge is 2.30. The number of esters is 1. The molecular weight excluding hydrogens is 628 g/mol. The second-order valence-corrected chi connectivity index (χ2v) is 11.5. The van der Waals surface area contributed by atoms with Crippen molar-refractivity contribution < 1.29 is 33.6 Å². The van der Waals surface area contributed by atoms with Crippen LogP contribution in [0.2, 0.25) is 0 Å². The molecule has 0 aliphatic carbocycles. The third-order valence-corrected chi connectivity index (χ3v) is 7.93. The first-order valence-corrected chi connectivity index (χ1v) is 16.3. The summed E-state index contributed by atoms with van der Waals surface area (Å²) in [5.74, 6) is -0.670. The fraction of sp³-hybridized carbons (Fsp3) is 0.116. The van der Waals surface area contributed by atoms with Crippen LogP contribution in [-0.4, -0.2) is 16.9 Å². The van der Waals surface area contributed by atoms with Crippen LogP contribution >= 0.6 is 0 Å². The topological polar surface area (TPSA) is 91.3 Å². The van der Waals surface area contributed by atoms with E-state index in [0.29, 0.717) is 5.56 Å². The third kappa shape index (κ3) is 8.64. The first-order chi connectivity index (χ1) is 24.6. The number of hydrogen-bond acceptors (Lipinski definition) is 7. The average Bonchev–Trinajstić information content (AvgIpc) is 3.18. The van der Waals surface area contributed by atoms with Gasteiger partial charge in [0, 0.05) is 0 Å². The van der Waals surface area contributed by atoms with Gasteiger partial charge >= 0.3 is 5.97 Å². The van der Waals surface area contributed by atoms with Crippen molar-refractivity contribution in [1.29, 1.82) is 0 Å². The molecule has 50 heavy (non-hydrogen) atoms. The van der Waals surface area contributed by atoms with Crippen LogP contribution in [0.25, 0.3) is 0 Å². The lowest BCUT2D eigenvalue weighted by Gasteiger charge is -2.20. The maximum atomic E-state index is 15.0. The lowest BCUT2D eigenvalue weighted by atomic mass is 9.94. The van der Waals surface area contributed by atoms with Crippen molar-refractivity contribution in [3.8, 4) is 17.2 Å². The van der Waals surface area contributed by atoms with Gasteiger partial charge in [-0.2, -0.15) is 0 Å². The van der Waals surface area contributed by atoms with Gasteiger partial charge in [-0.1, -0.05) is 127 Å². The second kappa shape index (κ2) is 16.8. The summed E-state index contributed by atoms with van der Waals surface area (Å²) in [7, 11) is 0. The van der Waals surface area contributed by atoms with E-state index in [4.69, 9.17) is 18.9 Å². The van der Waals surface area contributed by atoms with E-state index in [2.05, 4.69) is 0 Å². The van der Waals surface area contributed by atoms with Gasteiger partial charge in [-0.05, 0) is 52.1 Å². The van der Waals surface area contributed by atoms with E-state index in [-0.39, 0.29) is 67.0 Å². The first-order valence-electron chi connectivity index (χ1n) is 16.3. The number of carbonyl (C=O) groups excluding carboxylic acids is 2. The number of carbonyl (C=O) groups is 2. The van der Waals surface area contributed by atoms with Crippen molar-refractivity contribution >= 4 is 11.8 Å². The van der Waals surface area contributed by atoms with Crippen LogP contribution in [0.15, 0.2) is 152 Å². The monoisotopic (exact) mass is 664 g/mol. The molecule has 0 saturated carbocycles. The van der Waals surface area contributed by atoms with Crippen molar-refractivity contribution in [3.05, 3.63) is 196 Å². The summed E-state index contributed by atoms with van der Waals surface area (Å²) in [6.45, 7) is 0.149. The van der Waals surface area contributed by atoms with Gasteiger partial charge in [-0.15, -0.1) is 0 Å². The van der Waals surface area contributed by atoms with Crippen molar-refractivity contribution in [2.24, 2.45) is 0 Å². The van der Waals surface area contributed by atoms with Gasteiger partial charge in [-0.3, -0.25) is 4.79 Å². The first kappa shape index (κ1) is 33.7. The Morgan fingerprint density at radius 3 is 1.30 bits per heavy atom. The van der Waals surface area contributed by atoms with E-state index in [0.717, 1.165) is 22.3 Å². The molecule has 0 spiro atoms. The predicted octanol–water partition coefficient (Wildman–Crippen LogP) is 8.50. The molecule has 0 aliphatic rings. The molecule has 1 N–H and O–H groups in total. The third-order valence-electron chi connectivity index (χ3n) is 7.93. The summed E-state index contributed by atoms with van der Waals surface area (Å²) in [6.07, 6.45) is 0. The number of benzene rings is 6. The molecule has 0 aromatic heterocycles. The van der Waals surface area contributed by atoms with Gasteiger partial charge in [0.2, 0.25) is 5.78 Å². The molecular formula is C43H36O7. The number of hydrogen-bond donors (Lipinski definition) is 1. The highest BCUT2D eigenvalue weighted by molar-refractivity contribution is 6.18. The largest absolute Gasteiger partial charge is 0.488 e. The lowest BCUT2D eigenvalue weighted by Crippen LogP contribution is -2.17. The van der Waals surface area contributed by atoms with Gasteiger partial charge in [0.05, 0.1) is 17.7 Å². The van der Waals surface area contributed by atoms with Crippen molar-refractivity contribution in [2.45, 2.75) is 33.0 Å². The van der Waals surface area contributed by atoms with Crippen molar-refractivity contribution in [3.63, 3.8) is 0 Å². The zero-order valence-electron chi connectivity index (χ0n) is 27.4. The van der Waals surface area contributed by atoms with Gasteiger partial charge in [0.25, 0.3) is 0 Å². The van der Waals surface area contributed by atoms with E-state index in [1.165, 1.54) is 0 Å². The molecule has 0 atom stereocenters. The molecule has 0 radical (unpaired) electrons. The molecule has 7 heteroatoms. The molecule has 0 saturated heterocycles. The minimum atomic E-state index is -0.687. The molecule has 0 amide bonds. The van der Waals surface area contributed by atoms with Gasteiger partial charge in [0.1, 0.15) is 49.2 Å². The van der Waals surface area contributed by atoms with E-state index >= 15 is 4.79 Å². The maximum Gasteiger partial charge on any atom is 0.339 e. The van der Waals surface area contributed by atoms with E-state index in [1.54, 1.807) is 30.3 Å². The number of aliphatic hydroxyl groups excluding tert-OH is 1. The Labute approximate surface area is 291 Å². The van der Waals surface area contributed by atoms with Crippen LogP contribution in [-0.2, 0) is 37.8 Å². The summed E-state index contributed by atoms with van der Waals surface area (Å²) in [5, 5.41) is 10.2. The summed E-state index contributed by atoms with van der Waals surface area (Å²) in [6, 6.07) is 46.0. The van der Waals surface area contributed by atoms with Crippen LogP contribution in [0, 0.1) is 0 Å². The molecule has 0 unspecified atom stereocenters. The molecule has 0 heterocycles. The quantitative estimate of drug-likeness (QED) is 0.0870. The predicted molar refractivity (Wildman–Crippen MR) is 190 cm³/mol. The fourth-order valence-electron chi connectivity index (χ4n) is 5.37. The zero-order valence-corrected chi connectivity index (χ0v) is 27.4. The van der Waals surface area contributed by atoms with Gasteiger partial charge in [0.15, 0.2) is 0 Å². The molecule has 0 aliphatic heterocycles. The SMILES string of the molecule is O=C(OCc1ccccc1)c1cccc(OCc2ccccc2)c1C(=O)c1c(OCc2ccccc2)cc(CO)cc1OCc1ccccc1. The fourth-order valence-corrected chi connectivity index (χ4v) is 5.37. The standard InChI is InChI=1S/C43H36O7/c44-26-35-24-38(48-28-32-16-7-2-8-17-32)41(39(25-35)49-29-33-18-9-3-10-19-33)42(45)40-36(43(46)50-30-34-20-11-4-12-21-34)22-13-23-37(40)47-27-31-14-5-1-6-15-31/h1-25,44H,26-30H2. The Kier molecular flexibility index (Phi) is 11.3.